The number of aromatic nitrogens is 6. The number of aromatic amines is 2. The van der Waals surface area contributed by atoms with Gasteiger partial charge in [-0.3, -0.25) is 9.59 Å². The van der Waals surface area contributed by atoms with Crippen molar-refractivity contribution in [3.63, 3.8) is 0 Å². The van der Waals surface area contributed by atoms with Gasteiger partial charge in [-0.2, -0.15) is 0 Å². The minimum Gasteiger partial charge on any atom is -0.444 e. The molecule has 2 aliphatic heterocycles. The first-order chi connectivity index (χ1) is 24.7. The molecule has 2 fully saturated rings. The summed E-state index contributed by atoms with van der Waals surface area (Å²) in [5.41, 5.74) is 2.57. The molecule has 0 saturated carbocycles. The number of nitrogens with one attached hydrogen (secondary N) is 3. The minimum atomic E-state index is -3.26. The highest BCUT2D eigenvalue weighted by Crippen LogP contribution is 2.32. The molecule has 3 N–H and O–H groups in total. The summed E-state index contributed by atoms with van der Waals surface area (Å²) in [6.45, 7) is 6.62. The SMILES string of the molecule is Cc1ncsc1-c1nc(N2CCN(C(=O)OC(C)(C)C)CC(F)(F)C2)c(Cl)c(=O)[nH]1.Cc1ncsc1-c1nc(N2CCNCC(F)(F)C2)c(Cl)c(=O)[nH]1.Cl. The maximum absolute atomic E-state index is 14.7. The minimum absolute atomic E-state index is 0. The summed E-state index contributed by atoms with van der Waals surface area (Å²) >= 11 is 14.7. The van der Waals surface area contributed by atoms with Gasteiger partial charge in [-0.05, 0) is 34.6 Å². The first-order valence-electron chi connectivity index (χ1n) is 16.1. The van der Waals surface area contributed by atoms with Crippen molar-refractivity contribution in [1.82, 2.24) is 40.1 Å². The zero-order valence-corrected chi connectivity index (χ0v) is 33.5. The molecule has 14 nitrogen and oxygen atoms in total. The second kappa shape index (κ2) is 17.1. The van der Waals surface area contributed by atoms with E-state index in [1.165, 1.54) is 32.5 Å². The van der Waals surface area contributed by atoms with Crippen LogP contribution in [0.4, 0.5) is 34.0 Å². The second-order valence-electron chi connectivity index (χ2n) is 13.3. The number of aryl methyl sites for hydroxylation is 2. The Kier molecular flexibility index (Phi) is 13.6. The van der Waals surface area contributed by atoms with E-state index < -0.39 is 60.8 Å². The van der Waals surface area contributed by atoms with Crippen molar-refractivity contribution in [2.24, 2.45) is 0 Å². The van der Waals surface area contributed by atoms with Crippen molar-refractivity contribution in [2.75, 3.05) is 62.2 Å². The van der Waals surface area contributed by atoms with Gasteiger partial charge in [0.15, 0.2) is 23.3 Å². The van der Waals surface area contributed by atoms with Crippen LogP contribution in [0.15, 0.2) is 20.6 Å². The number of hydrogen-bond acceptors (Lipinski definition) is 13. The van der Waals surface area contributed by atoms with Crippen LogP contribution in [-0.2, 0) is 4.74 Å². The quantitative estimate of drug-likeness (QED) is 0.210. The van der Waals surface area contributed by atoms with Gasteiger partial charge in [-0.1, -0.05) is 23.2 Å². The number of thiazole rings is 2. The summed E-state index contributed by atoms with van der Waals surface area (Å²) in [6.07, 6.45) is -0.824. The predicted octanol–water partition coefficient (Wildman–Crippen LogP) is 5.87. The lowest BCUT2D eigenvalue weighted by molar-refractivity contribution is -0.0285. The van der Waals surface area contributed by atoms with E-state index in [2.05, 4.69) is 35.2 Å². The summed E-state index contributed by atoms with van der Waals surface area (Å²) in [6, 6.07) is 0. The van der Waals surface area contributed by atoms with Crippen LogP contribution in [0.3, 0.4) is 0 Å². The van der Waals surface area contributed by atoms with Crippen LogP contribution < -0.4 is 26.2 Å². The largest absolute Gasteiger partial charge is 0.444 e. The molecule has 23 heteroatoms. The Hall–Kier alpha value is -3.56. The Morgan fingerprint density at radius 3 is 1.76 bits per heavy atom. The highest BCUT2D eigenvalue weighted by molar-refractivity contribution is 7.13. The van der Waals surface area contributed by atoms with Crippen LogP contribution in [0, 0.1) is 13.8 Å². The molecule has 0 atom stereocenters. The molecule has 6 rings (SSSR count). The number of ether oxygens (including phenoxy) is 1. The highest BCUT2D eigenvalue weighted by atomic mass is 35.5. The van der Waals surface area contributed by atoms with E-state index >= 15 is 0 Å². The van der Waals surface area contributed by atoms with Gasteiger partial charge in [-0.25, -0.2) is 42.3 Å². The van der Waals surface area contributed by atoms with Crippen LogP contribution >= 0.6 is 58.3 Å². The zero-order chi connectivity index (χ0) is 38.9. The molecule has 0 aliphatic carbocycles. The summed E-state index contributed by atoms with van der Waals surface area (Å²) in [5, 5.41) is 2.19. The molecule has 0 radical (unpaired) electrons. The lowest BCUT2D eigenvalue weighted by Gasteiger charge is -2.27. The summed E-state index contributed by atoms with van der Waals surface area (Å²) in [5.74, 6) is -5.69. The lowest BCUT2D eigenvalue weighted by atomic mass is 10.2. The Labute approximate surface area is 330 Å². The molecule has 0 spiro atoms. The molecule has 0 bridgehead atoms. The first kappa shape index (κ1) is 43.2. The number of nitrogens with zero attached hydrogens (tertiary/aromatic N) is 7. The monoisotopic (exact) mass is 858 g/mol. The molecule has 2 aliphatic rings. The molecular formula is C31H37Cl3F4N10O4S2. The van der Waals surface area contributed by atoms with Gasteiger partial charge in [-0.15, -0.1) is 35.1 Å². The maximum Gasteiger partial charge on any atom is 0.410 e. The number of anilines is 2. The molecule has 2 saturated heterocycles. The van der Waals surface area contributed by atoms with Gasteiger partial charge < -0.3 is 34.7 Å². The topological polar surface area (TPSA) is 165 Å². The average molecular weight is 860 g/mol. The standard InChI is InChI=1S/C18H22ClF2N5O3S.C13H14ClF2N5OS.ClH/c1-10-12(30-9-22-10)13-23-14(11(19)15(27)24-13)25-5-6-26(8-18(20,21)7-25)16(28)29-17(2,3)4;1-7-9(23-6-18-7)10-19-11(8(14)12(22)20-10)21-3-2-17-4-13(15,16)5-21;/h9H,5-8H2,1-4H3,(H,23,24,27);6,17H,2-5H2,1H3,(H,19,20,22);1H. The third kappa shape index (κ3) is 10.6. The number of alkyl halides is 4. The smallest absolute Gasteiger partial charge is 0.410 e. The number of H-pyrrole nitrogens is 2. The van der Waals surface area contributed by atoms with Crippen molar-refractivity contribution in [3.05, 3.63) is 53.2 Å². The van der Waals surface area contributed by atoms with Gasteiger partial charge in [0.25, 0.3) is 23.0 Å². The predicted molar refractivity (Wildman–Crippen MR) is 204 cm³/mol. The normalized spacial score (nSPS) is 17.1. The molecule has 54 heavy (non-hydrogen) atoms. The third-order valence-corrected chi connectivity index (χ3v) is 10.3. The summed E-state index contributed by atoms with van der Waals surface area (Å²) in [7, 11) is 0. The maximum atomic E-state index is 14.7. The Bertz CT molecular complexity index is 2070. The van der Waals surface area contributed by atoms with E-state index in [1.807, 2.05) is 0 Å². The van der Waals surface area contributed by atoms with Gasteiger partial charge in [0.05, 0.1) is 58.3 Å². The number of halogens is 7. The van der Waals surface area contributed by atoms with Crippen molar-refractivity contribution in [1.29, 1.82) is 0 Å². The van der Waals surface area contributed by atoms with E-state index in [1.54, 1.807) is 45.6 Å². The molecular weight excluding hydrogens is 823 g/mol. The summed E-state index contributed by atoms with van der Waals surface area (Å²) < 4.78 is 62.1. The molecule has 4 aromatic heterocycles. The third-order valence-electron chi connectivity index (χ3n) is 7.71. The van der Waals surface area contributed by atoms with Crippen LogP contribution in [0.2, 0.25) is 10.0 Å². The number of carbonyl (C=O) groups is 1. The highest BCUT2D eigenvalue weighted by Gasteiger charge is 2.41. The van der Waals surface area contributed by atoms with E-state index in [-0.39, 0.29) is 65.4 Å². The zero-order valence-electron chi connectivity index (χ0n) is 29.6. The van der Waals surface area contributed by atoms with Crippen molar-refractivity contribution in [2.45, 2.75) is 52.1 Å². The van der Waals surface area contributed by atoms with E-state index in [9.17, 15) is 31.9 Å². The molecule has 1 amide bonds. The lowest BCUT2D eigenvalue weighted by Crippen LogP contribution is -2.44. The number of rotatable bonds is 4. The van der Waals surface area contributed by atoms with Gasteiger partial charge in [0.1, 0.15) is 15.6 Å². The van der Waals surface area contributed by atoms with Gasteiger partial charge in [0, 0.05) is 26.2 Å². The molecule has 6 heterocycles. The fourth-order valence-electron chi connectivity index (χ4n) is 5.34. The van der Waals surface area contributed by atoms with Crippen LogP contribution in [0.25, 0.3) is 21.4 Å². The Morgan fingerprint density at radius 2 is 1.30 bits per heavy atom. The van der Waals surface area contributed by atoms with Gasteiger partial charge >= 0.3 is 6.09 Å². The Balaban J connectivity index is 0.000000244. The molecule has 0 aromatic carbocycles. The fourth-order valence-corrected chi connectivity index (χ4v) is 7.25. The van der Waals surface area contributed by atoms with Crippen molar-refractivity contribution in [3.8, 4) is 21.4 Å². The second-order valence-corrected chi connectivity index (χ2v) is 15.7. The number of amides is 1. The molecule has 4 aromatic rings. The number of carbonyl (C=O) groups excluding carboxylic acids is 1. The van der Waals surface area contributed by atoms with Crippen LogP contribution in [0.1, 0.15) is 32.2 Å². The average Bonchev–Trinajstić information content (AvgIpc) is 3.59. The van der Waals surface area contributed by atoms with Crippen molar-refractivity contribution < 1.29 is 27.1 Å². The van der Waals surface area contributed by atoms with E-state index in [0.717, 1.165) is 4.90 Å². The number of hydrogen-bond donors (Lipinski definition) is 3. The summed E-state index contributed by atoms with van der Waals surface area (Å²) in [4.78, 5) is 63.6. The molecule has 296 valence electrons. The fraction of sp³-hybridized carbons (Fsp3) is 0.516. The van der Waals surface area contributed by atoms with Crippen LogP contribution in [-0.4, -0.2) is 111 Å². The van der Waals surface area contributed by atoms with E-state index in [0.29, 0.717) is 27.7 Å². The Morgan fingerprint density at radius 1 is 0.815 bits per heavy atom. The van der Waals surface area contributed by atoms with E-state index in [4.69, 9.17) is 27.9 Å². The van der Waals surface area contributed by atoms with Crippen molar-refractivity contribution >= 4 is 76.0 Å². The first-order valence-corrected chi connectivity index (χ1v) is 18.6. The van der Waals surface area contributed by atoms with Gasteiger partial charge in [0.2, 0.25) is 0 Å². The molecule has 0 unspecified atom stereocenters. The van der Waals surface area contributed by atoms with Crippen LogP contribution in [0.5, 0.6) is 0 Å².